The van der Waals surface area contributed by atoms with E-state index in [1.807, 2.05) is 38.1 Å². The van der Waals surface area contributed by atoms with Crippen molar-refractivity contribution < 1.29 is 9.32 Å². The van der Waals surface area contributed by atoms with E-state index >= 15 is 0 Å². The van der Waals surface area contributed by atoms with Gasteiger partial charge >= 0.3 is 0 Å². The molecule has 0 fully saturated rings. The van der Waals surface area contributed by atoms with Gasteiger partial charge in [0.25, 0.3) is 5.91 Å². The zero-order valence-electron chi connectivity index (χ0n) is 11.7. The number of rotatable bonds is 4. The van der Waals surface area contributed by atoms with Gasteiger partial charge in [0.2, 0.25) is 5.76 Å². The predicted molar refractivity (Wildman–Crippen MR) is 77.7 cm³/mol. The Labute approximate surface area is 123 Å². The number of carbonyl (C=O) groups is 1. The molecule has 0 spiro atoms. The minimum Gasteiger partial charge on any atom is -0.351 e. The van der Waals surface area contributed by atoms with Crippen LogP contribution in [0.2, 0.25) is 5.02 Å². The van der Waals surface area contributed by atoms with Gasteiger partial charge in [-0.1, -0.05) is 42.7 Å². The molecule has 4 nitrogen and oxygen atoms in total. The fraction of sp³-hybridized carbons (Fsp3) is 0.333. The SMILES string of the molecule is Cc1cc(C(=O)NC(c2ccc(Cl)cc2)C(C)C)on1. The first kappa shape index (κ1) is 14.6. The normalized spacial score (nSPS) is 12.4. The van der Waals surface area contributed by atoms with Gasteiger partial charge in [0.1, 0.15) is 0 Å². The van der Waals surface area contributed by atoms with E-state index in [0.29, 0.717) is 10.7 Å². The van der Waals surface area contributed by atoms with E-state index in [1.165, 1.54) is 0 Å². The van der Waals surface area contributed by atoms with Gasteiger partial charge in [0.15, 0.2) is 0 Å². The first-order valence-electron chi connectivity index (χ1n) is 6.47. The highest BCUT2D eigenvalue weighted by Crippen LogP contribution is 2.23. The van der Waals surface area contributed by atoms with Crippen molar-refractivity contribution in [2.45, 2.75) is 26.8 Å². The van der Waals surface area contributed by atoms with Crippen LogP contribution in [0.3, 0.4) is 0 Å². The van der Waals surface area contributed by atoms with Crippen LogP contribution >= 0.6 is 11.6 Å². The maximum atomic E-state index is 12.1. The summed E-state index contributed by atoms with van der Waals surface area (Å²) in [4.78, 5) is 12.1. The first-order valence-corrected chi connectivity index (χ1v) is 6.85. The van der Waals surface area contributed by atoms with Gasteiger partial charge in [-0.2, -0.15) is 0 Å². The number of nitrogens with zero attached hydrogens (tertiary/aromatic N) is 1. The second-order valence-corrected chi connectivity index (χ2v) is 5.52. The van der Waals surface area contributed by atoms with Crippen LogP contribution in [0, 0.1) is 12.8 Å². The van der Waals surface area contributed by atoms with Crippen LogP contribution in [0.1, 0.15) is 41.7 Å². The fourth-order valence-electron chi connectivity index (χ4n) is 1.99. The summed E-state index contributed by atoms with van der Waals surface area (Å²) in [5.74, 6) is 0.200. The third-order valence-corrected chi connectivity index (χ3v) is 3.29. The molecule has 0 aliphatic heterocycles. The minimum absolute atomic E-state index is 0.106. The van der Waals surface area contributed by atoms with Gasteiger partial charge in [-0.05, 0) is 30.5 Å². The molecule has 1 aromatic heterocycles. The number of benzene rings is 1. The van der Waals surface area contributed by atoms with Gasteiger partial charge in [0, 0.05) is 11.1 Å². The highest BCUT2D eigenvalue weighted by molar-refractivity contribution is 6.30. The first-order chi connectivity index (χ1) is 9.47. The van der Waals surface area contributed by atoms with Crippen LogP contribution in [0.25, 0.3) is 0 Å². The summed E-state index contributed by atoms with van der Waals surface area (Å²) in [6.45, 7) is 5.87. The minimum atomic E-state index is -0.265. The van der Waals surface area contributed by atoms with Crippen molar-refractivity contribution in [2.24, 2.45) is 5.92 Å². The molecule has 20 heavy (non-hydrogen) atoms. The van der Waals surface area contributed by atoms with Crippen molar-refractivity contribution in [2.75, 3.05) is 0 Å². The van der Waals surface area contributed by atoms with Crippen molar-refractivity contribution >= 4 is 17.5 Å². The zero-order chi connectivity index (χ0) is 14.7. The molecule has 0 aliphatic carbocycles. The highest BCUT2D eigenvalue weighted by atomic mass is 35.5. The molecule has 0 bridgehead atoms. The van der Waals surface area contributed by atoms with Gasteiger partial charge in [-0.15, -0.1) is 0 Å². The summed E-state index contributed by atoms with van der Waals surface area (Å²) in [5.41, 5.74) is 1.69. The van der Waals surface area contributed by atoms with Crippen LogP contribution in [-0.2, 0) is 0 Å². The largest absolute Gasteiger partial charge is 0.351 e. The molecule has 1 atom stereocenters. The molecule has 1 amide bonds. The molecule has 1 N–H and O–H groups in total. The molecule has 5 heteroatoms. The summed E-state index contributed by atoms with van der Waals surface area (Å²) < 4.78 is 4.98. The lowest BCUT2D eigenvalue weighted by atomic mass is 9.96. The Morgan fingerprint density at radius 2 is 1.95 bits per heavy atom. The number of aromatic nitrogens is 1. The van der Waals surface area contributed by atoms with Crippen molar-refractivity contribution in [1.82, 2.24) is 10.5 Å². The van der Waals surface area contributed by atoms with Crippen LogP contribution < -0.4 is 5.32 Å². The molecule has 2 rings (SSSR count). The second-order valence-electron chi connectivity index (χ2n) is 5.08. The van der Waals surface area contributed by atoms with E-state index in [4.69, 9.17) is 16.1 Å². The predicted octanol–water partition coefficient (Wildman–Crippen LogP) is 3.76. The lowest BCUT2D eigenvalue weighted by Crippen LogP contribution is -2.31. The van der Waals surface area contributed by atoms with Crippen LogP contribution in [0.15, 0.2) is 34.9 Å². The maximum absolute atomic E-state index is 12.1. The highest BCUT2D eigenvalue weighted by Gasteiger charge is 2.21. The Morgan fingerprint density at radius 1 is 1.30 bits per heavy atom. The number of aryl methyl sites for hydroxylation is 1. The number of halogens is 1. The Hall–Kier alpha value is -1.81. The molecule has 0 saturated heterocycles. The smallest absolute Gasteiger partial charge is 0.290 e. The molecular weight excluding hydrogens is 276 g/mol. The second kappa shape index (κ2) is 6.09. The Bertz CT molecular complexity index is 590. The quantitative estimate of drug-likeness (QED) is 0.933. The number of carbonyl (C=O) groups excluding carboxylic acids is 1. The standard InChI is InChI=1S/C15H17ClN2O2/c1-9(2)14(11-4-6-12(16)7-5-11)17-15(19)13-8-10(3)18-20-13/h4-9,14H,1-3H3,(H,17,19). The molecule has 106 valence electrons. The van der Waals surface area contributed by atoms with Gasteiger partial charge in [-0.25, -0.2) is 0 Å². The molecule has 0 saturated carbocycles. The van der Waals surface area contributed by atoms with E-state index in [1.54, 1.807) is 13.0 Å². The molecule has 0 radical (unpaired) electrons. The molecular formula is C15H17ClN2O2. The van der Waals surface area contributed by atoms with Gasteiger partial charge in [-0.3, -0.25) is 4.79 Å². The van der Waals surface area contributed by atoms with E-state index in [9.17, 15) is 4.79 Å². The molecule has 2 aromatic rings. The number of nitrogens with one attached hydrogen (secondary N) is 1. The Balaban J connectivity index is 2.17. The molecule has 1 heterocycles. The third kappa shape index (κ3) is 3.39. The van der Waals surface area contributed by atoms with E-state index in [-0.39, 0.29) is 23.6 Å². The van der Waals surface area contributed by atoms with Crippen LogP contribution in [-0.4, -0.2) is 11.1 Å². The summed E-state index contributed by atoms with van der Waals surface area (Å²) in [6.07, 6.45) is 0. The summed E-state index contributed by atoms with van der Waals surface area (Å²) in [5, 5.41) is 7.36. The fourth-order valence-corrected chi connectivity index (χ4v) is 2.11. The van der Waals surface area contributed by atoms with Crippen molar-refractivity contribution in [3.8, 4) is 0 Å². The molecule has 1 unspecified atom stereocenters. The van der Waals surface area contributed by atoms with Crippen molar-refractivity contribution in [3.05, 3.63) is 52.4 Å². The van der Waals surface area contributed by atoms with Crippen LogP contribution in [0.4, 0.5) is 0 Å². The number of hydrogen-bond acceptors (Lipinski definition) is 3. The molecule has 1 aromatic carbocycles. The van der Waals surface area contributed by atoms with Crippen molar-refractivity contribution in [3.63, 3.8) is 0 Å². The van der Waals surface area contributed by atoms with E-state index in [0.717, 1.165) is 5.56 Å². The number of hydrogen-bond donors (Lipinski definition) is 1. The van der Waals surface area contributed by atoms with Crippen molar-refractivity contribution in [1.29, 1.82) is 0 Å². The number of amides is 1. The lowest BCUT2D eigenvalue weighted by Gasteiger charge is -2.22. The monoisotopic (exact) mass is 292 g/mol. The lowest BCUT2D eigenvalue weighted by molar-refractivity contribution is 0.0888. The average Bonchev–Trinajstić information content (AvgIpc) is 2.83. The van der Waals surface area contributed by atoms with E-state index in [2.05, 4.69) is 10.5 Å². The maximum Gasteiger partial charge on any atom is 0.290 e. The van der Waals surface area contributed by atoms with Gasteiger partial charge < -0.3 is 9.84 Å². The summed E-state index contributed by atoms with van der Waals surface area (Å²) in [7, 11) is 0. The Morgan fingerprint density at radius 3 is 2.45 bits per heavy atom. The molecule has 0 aliphatic rings. The third-order valence-electron chi connectivity index (χ3n) is 3.03. The summed E-state index contributed by atoms with van der Waals surface area (Å²) in [6, 6.07) is 8.98. The van der Waals surface area contributed by atoms with Crippen LogP contribution in [0.5, 0.6) is 0 Å². The topological polar surface area (TPSA) is 55.1 Å². The summed E-state index contributed by atoms with van der Waals surface area (Å²) >= 11 is 5.89. The van der Waals surface area contributed by atoms with Gasteiger partial charge in [0.05, 0.1) is 11.7 Å². The average molecular weight is 293 g/mol. The van der Waals surface area contributed by atoms with E-state index < -0.39 is 0 Å². The zero-order valence-corrected chi connectivity index (χ0v) is 12.4. The Kier molecular flexibility index (Phi) is 4.45.